The van der Waals surface area contributed by atoms with Gasteiger partial charge in [-0.05, 0) is 91.6 Å². The van der Waals surface area contributed by atoms with Crippen LogP contribution in [0.1, 0.15) is 82.8 Å². The number of hydrogen-bond acceptors (Lipinski definition) is 12. The Labute approximate surface area is 394 Å². The Morgan fingerprint density at radius 1 is 0.657 bits per heavy atom. The molecule has 0 saturated carbocycles. The number of benzene rings is 3. The summed E-state index contributed by atoms with van der Waals surface area (Å²) in [6.07, 6.45) is 9.41. The van der Waals surface area contributed by atoms with Gasteiger partial charge >= 0.3 is 29.9 Å². The van der Waals surface area contributed by atoms with Gasteiger partial charge in [-0.1, -0.05) is 70.9 Å². The van der Waals surface area contributed by atoms with Crippen molar-refractivity contribution in [3.8, 4) is 28.3 Å². The van der Waals surface area contributed by atoms with Crippen molar-refractivity contribution in [3.05, 3.63) is 119 Å². The normalized spacial score (nSPS) is 11.0. The Kier molecular flexibility index (Phi) is 19.5. The van der Waals surface area contributed by atoms with Crippen molar-refractivity contribution < 1.29 is 51.0 Å². The molecular weight excluding hydrogens is 911 g/mol. The summed E-state index contributed by atoms with van der Waals surface area (Å²) in [4.78, 5) is 64.8. The topological polar surface area (TPSA) is 141 Å². The molecule has 6 rings (SSSR count). The van der Waals surface area contributed by atoms with Gasteiger partial charge < -0.3 is 14.2 Å². The minimum Gasteiger partial charge on any atom is -0.493 e. The van der Waals surface area contributed by atoms with Crippen molar-refractivity contribution in [2.45, 2.75) is 84.2 Å². The summed E-state index contributed by atoms with van der Waals surface area (Å²) >= 11 is 2.21. The number of methoxy groups -OCH3 is 2. The van der Waals surface area contributed by atoms with E-state index in [9.17, 15) is 36.7 Å². The van der Waals surface area contributed by atoms with Crippen LogP contribution in [0.4, 0.5) is 39.2 Å². The van der Waals surface area contributed by atoms with E-state index in [0.717, 1.165) is 66.7 Å². The van der Waals surface area contributed by atoms with Gasteiger partial charge in [-0.15, -0.1) is 22.7 Å². The summed E-state index contributed by atoms with van der Waals surface area (Å²) in [7, 11) is 2.18. The highest BCUT2D eigenvalue weighted by molar-refractivity contribution is 7.14. The lowest BCUT2D eigenvalue weighted by Crippen LogP contribution is -2.33. The number of carbonyl (C=O) groups excluding carboxylic acids is 4. The Morgan fingerprint density at radius 3 is 1.78 bits per heavy atom. The number of thiazole rings is 2. The quantitative estimate of drug-likeness (QED) is 0.0354. The molecule has 0 atom stereocenters. The van der Waals surface area contributed by atoms with Gasteiger partial charge in [0, 0.05) is 34.3 Å². The first kappa shape index (κ1) is 51.5. The number of rotatable bonds is 18. The van der Waals surface area contributed by atoms with Gasteiger partial charge in [0.2, 0.25) is 0 Å². The van der Waals surface area contributed by atoms with Crippen LogP contribution in [0.25, 0.3) is 22.5 Å². The number of carbonyl (C=O) groups is 4. The van der Waals surface area contributed by atoms with E-state index in [1.807, 2.05) is 48.7 Å². The number of aryl methyl sites for hydroxylation is 1. The number of pyridine rings is 1. The van der Waals surface area contributed by atoms with Crippen molar-refractivity contribution >= 4 is 68.1 Å². The van der Waals surface area contributed by atoms with Crippen LogP contribution in [0.15, 0.2) is 102 Å². The molecule has 0 spiro atoms. The molecule has 2 amide bonds. The average molecular weight is 962 g/mol. The van der Waals surface area contributed by atoms with Crippen molar-refractivity contribution in [1.29, 1.82) is 0 Å². The summed E-state index contributed by atoms with van der Waals surface area (Å²) in [5.74, 6) is -5.05. The molecule has 0 unspecified atom stereocenters. The number of alkyl halides is 3. The van der Waals surface area contributed by atoms with Gasteiger partial charge in [-0.2, -0.15) is 13.2 Å². The highest BCUT2D eigenvalue weighted by Crippen LogP contribution is 2.41. The lowest BCUT2D eigenvalue weighted by Gasteiger charge is -2.21. The molecule has 354 valence electrons. The number of halogens is 4. The molecule has 3 aromatic carbocycles. The van der Waals surface area contributed by atoms with E-state index in [0.29, 0.717) is 34.2 Å². The summed E-state index contributed by atoms with van der Waals surface area (Å²) < 4.78 is 69.3. The second-order valence-corrected chi connectivity index (χ2v) is 16.6. The summed E-state index contributed by atoms with van der Waals surface area (Å²) in [6.45, 7) is 4.29. The first-order valence-electron chi connectivity index (χ1n) is 21.6. The molecule has 18 heteroatoms. The third-order valence-electron chi connectivity index (χ3n) is 10.1. The van der Waals surface area contributed by atoms with Gasteiger partial charge in [0.05, 0.1) is 49.2 Å². The van der Waals surface area contributed by atoms with Crippen LogP contribution < -0.4 is 14.5 Å². The molecule has 0 aliphatic heterocycles. The monoisotopic (exact) mass is 961 g/mol. The molecule has 0 saturated heterocycles. The minimum absolute atomic E-state index is 0.0653. The molecule has 0 radical (unpaired) electrons. The molecular formula is C49H51F4N5O7S2. The molecule has 0 aliphatic carbocycles. The number of unbranched alkanes of at least 4 members (excludes halogenated alkanes) is 7. The smallest absolute Gasteiger partial charge is 0.420 e. The summed E-state index contributed by atoms with van der Waals surface area (Å²) in [5, 5.41) is 3.72. The first-order valence-corrected chi connectivity index (χ1v) is 23.4. The first-order chi connectivity index (χ1) is 32.3. The molecule has 67 heavy (non-hydrogen) atoms. The van der Waals surface area contributed by atoms with Crippen LogP contribution in [0.5, 0.6) is 5.75 Å². The van der Waals surface area contributed by atoms with E-state index in [1.165, 1.54) is 96.7 Å². The molecule has 0 N–H and O–H groups in total. The van der Waals surface area contributed by atoms with Crippen LogP contribution in [0.3, 0.4) is 0 Å². The number of nitrogens with zero attached hydrogens (tertiary/aromatic N) is 5. The maximum absolute atomic E-state index is 13.8. The van der Waals surface area contributed by atoms with Crippen LogP contribution in [0.2, 0.25) is 0 Å². The van der Waals surface area contributed by atoms with Crippen LogP contribution in [-0.4, -0.2) is 59.5 Å². The second kappa shape index (κ2) is 25.4. The fourth-order valence-electron chi connectivity index (χ4n) is 6.58. The Bertz CT molecular complexity index is 2540. The van der Waals surface area contributed by atoms with Crippen molar-refractivity contribution in [2.75, 3.05) is 30.6 Å². The summed E-state index contributed by atoms with van der Waals surface area (Å²) in [5.41, 5.74) is 2.86. The zero-order chi connectivity index (χ0) is 48.3. The van der Waals surface area contributed by atoms with E-state index < -0.39 is 41.3 Å². The highest BCUT2D eigenvalue weighted by atomic mass is 32.1. The number of aromatic nitrogens is 3. The lowest BCUT2D eigenvalue weighted by atomic mass is 10.0. The van der Waals surface area contributed by atoms with Gasteiger partial charge in [-0.3, -0.25) is 14.6 Å². The van der Waals surface area contributed by atoms with Crippen LogP contribution >= 0.6 is 22.7 Å². The Morgan fingerprint density at radius 2 is 1.21 bits per heavy atom. The second-order valence-electron chi connectivity index (χ2n) is 15.0. The number of amides is 2. The van der Waals surface area contributed by atoms with E-state index in [-0.39, 0.29) is 23.2 Å². The number of esters is 2. The SMILES string of the molecule is CCCCCCCCc1ccc(N(C(=O)C(=O)OC)c2nc(-c3cccnc3)cs2)cc1.CCCCCOc1ccc(N(C(=O)C(=O)OC)c2nc(-c3ccc(F)cc3)cs2)cc1C(F)(F)F. The Balaban J connectivity index is 0.000000252. The minimum atomic E-state index is -4.78. The molecule has 6 aromatic rings. The number of ether oxygens (including phenoxy) is 3. The standard InChI is InChI=1S/C25H29N3O3S.C24H22F4N2O4S/c1-3-4-5-6-7-8-10-19-12-14-21(15-13-19)28(23(29)24(30)31-2)25-27-22(18-32-25)20-11-9-16-26-17-20;1-3-4-5-12-34-20-11-10-17(13-18(20)24(26,27)28)30(21(31)22(32)33-2)23-29-19(14-35-23)15-6-8-16(25)9-7-15/h9,11-18H,3-8,10H2,1-2H3;6-11,13-14H,3-5,12H2,1-2H3. The molecule has 0 bridgehead atoms. The van der Waals surface area contributed by atoms with E-state index >= 15 is 0 Å². The Hall–Kier alpha value is -6.53. The largest absolute Gasteiger partial charge is 0.493 e. The maximum Gasteiger partial charge on any atom is 0.420 e. The molecule has 3 heterocycles. The predicted octanol–water partition coefficient (Wildman–Crippen LogP) is 12.3. The van der Waals surface area contributed by atoms with Crippen molar-refractivity contribution in [1.82, 2.24) is 15.0 Å². The van der Waals surface area contributed by atoms with E-state index in [2.05, 4.69) is 31.3 Å². The lowest BCUT2D eigenvalue weighted by molar-refractivity contribution is -0.151. The van der Waals surface area contributed by atoms with E-state index in [1.54, 1.807) is 12.4 Å². The molecule has 3 aromatic heterocycles. The third-order valence-corrected chi connectivity index (χ3v) is 11.8. The molecule has 0 aliphatic rings. The summed E-state index contributed by atoms with van der Waals surface area (Å²) in [6, 6.07) is 19.9. The van der Waals surface area contributed by atoms with Gasteiger partial charge in [-0.25, -0.2) is 33.7 Å². The molecule has 0 fully saturated rings. The fraction of sp³-hybridized carbons (Fsp3) is 0.327. The zero-order valence-corrected chi connectivity index (χ0v) is 39.1. The predicted molar refractivity (Wildman–Crippen MR) is 251 cm³/mol. The van der Waals surface area contributed by atoms with E-state index in [4.69, 9.17) is 4.74 Å². The fourth-order valence-corrected chi connectivity index (χ4v) is 8.28. The van der Waals surface area contributed by atoms with Gasteiger partial charge in [0.1, 0.15) is 11.6 Å². The van der Waals surface area contributed by atoms with Crippen LogP contribution in [-0.2, 0) is 41.2 Å². The van der Waals surface area contributed by atoms with Crippen molar-refractivity contribution in [2.24, 2.45) is 0 Å². The number of hydrogen-bond donors (Lipinski definition) is 0. The van der Waals surface area contributed by atoms with Gasteiger partial charge in [0.25, 0.3) is 0 Å². The zero-order valence-electron chi connectivity index (χ0n) is 37.5. The maximum atomic E-state index is 13.8. The molecule has 12 nitrogen and oxygen atoms in total. The van der Waals surface area contributed by atoms with Gasteiger partial charge in [0.15, 0.2) is 10.3 Å². The van der Waals surface area contributed by atoms with Crippen molar-refractivity contribution in [3.63, 3.8) is 0 Å². The number of anilines is 4. The highest BCUT2D eigenvalue weighted by Gasteiger charge is 2.37. The average Bonchev–Trinajstić information content (AvgIpc) is 4.03. The third kappa shape index (κ3) is 14.5. The van der Waals surface area contributed by atoms with Crippen LogP contribution in [0, 0.1) is 5.82 Å².